The maximum absolute atomic E-state index is 2.61. The molecule has 0 N–H and O–H groups in total. The lowest BCUT2D eigenvalue weighted by atomic mass is 9.56. The molecular weight excluding hydrogens is 348 g/mol. The fourth-order valence-corrected chi connectivity index (χ4v) is 8.12. The van der Waals surface area contributed by atoms with Crippen LogP contribution < -0.4 is 0 Å². The maximum Gasteiger partial charge on any atom is -0.0324 e. The molecular formula is C29H54. The summed E-state index contributed by atoms with van der Waals surface area (Å²) in [5, 5.41) is 0. The Bertz CT molecular complexity index is 425. The van der Waals surface area contributed by atoms with E-state index in [0.717, 1.165) is 47.3 Å². The Morgan fingerprint density at radius 1 is 0.690 bits per heavy atom. The van der Waals surface area contributed by atoms with Gasteiger partial charge in [0.2, 0.25) is 0 Å². The van der Waals surface area contributed by atoms with Gasteiger partial charge in [0.15, 0.2) is 0 Å². The zero-order valence-corrected chi connectivity index (χ0v) is 20.6. The second kappa shape index (κ2) is 12.1. The van der Waals surface area contributed by atoms with Crippen molar-refractivity contribution in [3.8, 4) is 0 Å². The first-order valence-corrected chi connectivity index (χ1v) is 14.1. The number of rotatable bonds is 5. The van der Waals surface area contributed by atoms with Crippen LogP contribution in [-0.2, 0) is 0 Å². The molecule has 4 fully saturated rings. The average Bonchev–Trinajstić information content (AvgIpc) is 3.21. The molecule has 0 aromatic rings. The van der Waals surface area contributed by atoms with Gasteiger partial charge < -0.3 is 0 Å². The van der Waals surface area contributed by atoms with Gasteiger partial charge in [-0.15, -0.1) is 0 Å². The fraction of sp³-hybridized carbons (Fsp3) is 1.00. The van der Waals surface area contributed by atoms with Crippen molar-refractivity contribution in [3.63, 3.8) is 0 Å². The molecule has 0 bridgehead atoms. The second-order valence-corrected chi connectivity index (χ2v) is 11.9. The highest BCUT2D eigenvalue weighted by atomic mass is 14.5. The average molecular weight is 403 g/mol. The van der Waals surface area contributed by atoms with Crippen molar-refractivity contribution in [3.05, 3.63) is 0 Å². The van der Waals surface area contributed by atoms with Crippen LogP contribution >= 0.6 is 0 Å². The number of hydrogen-bond donors (Lipinski definition) is 0. The topological polar surface area (TPSA) is 0 Å². The Labute approximate surface area is 184 Å². The van der Waals surface area contributed by atoms with Crippen LogP contribution in [0.1, 0.15) is 137 Å². The summed E-state index contributed by atoms with van der Waals surface area (Å²) in [5.74, 6) is 8.63. The molecule has 0 heterocycles. The van der Waals surface area contributed by atoms with Gasteiger partial charge in [-0.05, 0) is 79.4 Å². The summed E-state index contributed by atoms with van der Waals surface area (Å²) in [6.07, 6.45) is 25.8. The molecule has 4 rings (SSSR count). The Kier molecular flexibility index (Phi) is 9.91. The van der Waals surface area contributed by atoms with Gasteiger partial charge in [-0.25, -0.2) is 0 Å². The summed E-state index contributed by atoms with van der Waals surface area (Å²) in [6, 6.07) is 0. The zero-order chi connectivity index (χ0) is 20.6. The van der Waals surface area contributed by atoms with E-state index < -0.39 is 0 Å². The van der Waals surface area contributed by atoms with E-state index in [2.05, 4.69) is 27.7 Å². The van der Waals surface area contributed by atoms with Crippen molar-refractivity contribution in [2.75, 3.05) is 0 Å². The van der Waals surface area contributed by atoms with Gasteiger partial charge in [-0.2, -0.15) is 0 Å². The number of fused-ring (bicyclic) bond motifs is 1. The lowest BCUT2D eigenvalue weighted by Crippen LogP contribution is -2.42. The maximum atomic E-state index is 2.61. The largest absolute Gasteiger partial charge is 0.0654 e. The molecule has 0 aromatic carbocycles. The summed E-state index contributed by atoms with van der Waals surface area (Å²) < 4.78 is 0. The van der Waals surface area contributed by atoms with E-state index >= 15 is 0 Å². The van der Waals surface area contributed by atoms with Crippen LogP contribution in [0.25, 0.3) is 0 Å². The van der Waals surface area contributed by atoms with Gasteiger partial charge in [-0.1, -0.05) is 105 Å². The molecule has 0 saturated heterocycles. The minimum atomic E-state index is 1.01. The van der Waals surface area contributed by atoms with Crippen LogP contribution in [0.15, 0.2) is 0 Å². The van der Waals surface area contributed by atoms with Crippen LogP contribution in [-0.4, -0.2) is 0 Å². The Balaban J connectivity index is 0.000000290. The predicted octanol–water partition coefficient (Wildman–Crippen LogP) is 9.67. The number of unbranched alkanes of at least 4 members (excludes halogenated alkanes) is 1. The minimum Gasteiger partial charge on any atom is -0.0654 e. The minimum absolute atomic E-state index is 1.01. The van der Waals surface area contributed by atoms with Gasteiger partial charge in [0.1, 0.15) is 0 Å². The first kappa shape index (κ1) is 23.7. The van der Waals surface area contributed by atoms with E-state index in [1.165, 1.54) is 51.4 Å². The highest BCUT2D eigenvalue weighted by Crippen LogP contribution is 2.56. The van der Waals surface area contributed by atoms with Crippen LogP contribution in [0.4, 0.5) is 0 Å². The molecule has 4 saturated carbocycles. The van der Waals surface area contributed by atoms with E-state index in [1.807, 2.05) is 0 Å². The molecule has 170 valence electrons. The third-order valence-corrected chi connectivity index (χ3v) is 9.91. The van der Waals surface area contributed by atoms with Gasteiger partial charge in [-0.3, -0.25) is 0 Å². The molecule has 0 aromatic heterocycles. The first-order valence-electron chi connectivity index (χ1n) is 14.1. The van der Waals surface area contributed by atoms with Crippen molar-refractivity contribution in [1.82, 2.24) is 0 Å². The van der Waals surface area contributed by atoms with Crippen molar-refractivity contribution in [2.45, 2.75) is 137 Å². The van der Waals surface area contributed by atoms with Crippen LogP contribution in [0.3, 0.4) is 0 Å². The summed E-state index contributed by atoms with van der Waals surface area (Å²) in [7, 11) is 0. The molecule has 0 heteroatoms. The predicted molar refractivity (Wildman–Crippen MR) is 129 cm³/mol. The van der Waals surface area contributed by atoms with E-state index in [-0.39, 0.29) is 0 Å². The third-order valence-electron chi connectivity index (χ3n) is 9.91. The van der Waals surface area contributed by atoms with Crippen molar-refractivity contribution in [2.24, 2.45) is 47.3 Å². The van der Waals surface area contributed by atoms with Crippen LogP contribution in [0.5, 0.6) is 0 Å². The monoisotopic (exact) mass is 402 g/mol. The number of hydrogen-bond acceptors (Lipinski definition) is 0. The normalized spacial score (nSPS) is 40.8. The van der Waals surface area contributed by atoms with E-state index in [9.17, 15) is 0 Å². The van der Waals surface area contributed by atoms with E-state index in [0.29, 0.717) is 0 Å². The Hall–Kier alpha value is 0. The molecule has 5 unspecified atom stereocenters. The fourth-order valence-electron chi connectivity index (χ4n) is 8.12. The SMILES string of the molecule is CC1CCCCC1.CCCCC1C(C)CC2CCCC2C1C1CCC(CC)CC1. The molecule has 0 amide bonds. The molecule has 29 heavy (non-hydrogen) atoms. The molecule has 0 nitrogen and oxygen atoms in total. The highest BCUT2D eigenvalue weighted by molar-refractivity contribution is 4.97. The van der Waals surface area contributed by atoms with Crippen molar-refractivity contribution < 1.29 is 0 Å². The van der Waals surface area contributed by atoms with E-state index in [1.54, 1.807) is 57.8 Å². The van der Waals surface area contributed by atoms with Crippen molar-refractivity contribution in [1.29, 1.82) is 0 Å². The second-order valence-electron chi connectivity index (χ2n) is 11.9. The summed E-state index contributed by atoms with van der Waals surface area (Å²) in [4.78, 5) is 0. The zero-order valence-electron chi connectivity index (χ0n) is 20.6. The smallest absolute Gasteiger partial charge is 0.0324 e. The summed E-state index contributed by atoms with van der Waals surface area (Å²) in [6.45, 7) is 9.76. The lowest BCUT2D eigenvalue weighted by molar-refractivity contribution is -0.00258. The molecule has 0 aliphatic heterocycles. The standard InChI is InChI=1S/C22H40.C7H14/c1-4-6-9-20-16(3)15-19-8-7-10-21(19)22(20)18-13-11-17(5-2)12-14-18;1-7-5-3-2-4-6-7/h16-22H,4-15H2,1-3H3;7H,2-6H2,1H3. The van der Waals surface area contributed by atoms with Crippen LogP contribution in [0, 0.1) is 47.3 Å². The lowest BCUT2D eigenvalue weighted by Gasteiger charge is -2.49. The quantitative estimate of drug-likeness (QED) is 0.429. The molecule has 4 aliphatic rings. The van der Waals surface area contributed by atoms with Crippen molar-refractivity contribution >= 4 is 0 Å². The van der Waals surface area contributed by atoms with Gasteiger partial charge in [0, 0.05) is 0 Å². The van der Waals surface area contributed by atoms with Gasteiger partial charge in [0.05, 0.1) is 0 Å². The van der Waals surface area contributed by atoms with Gasteiger partial charge >= 0.3 is 0 Å². The van der Waals surface area contributed by atoms with E-state index in [4.69, 9.17) is 0 Å². The summed E-state index contributed by atoms with van der Waals surface area (Å²) in [5.41, 5.74) is 0. The molecule has 5 atom stereocenters. The third kappa shape index (κ3) is 6.49. The van der Waals surface area contributed by atoms with Crippen LogP contribution in [0.2, 0.25) is 0 Å². The molecule has 0 radical (unpaired) electrons. The molecule has 0 spiro atoms. The Morgan fingerprint density at radius 3 is 2.00 bits per heavy atom. The first-order chi connectivity index (χ1) is 14.1. The summed E-state index contributed by atoms with van der Waals surface area (Å²) >= 11 is 0. The van der Waals surface area contributed by atoms with Gasteiger partial charge in [0.25, 0.3) is 0 Å². The Morgan fingerprint density at radius 2 is 1.41 bits per heavy atom. The highest BCUT2D eigenvalue weighted by Gasteiger charge is 2.47. The molecule has 4 aliphatic carbocycles.